The van der Waals surface area contributed by atoms with Crippen molar-refractivity contribution in [2.75, 3.05) is 72.5 Å². The number of carboxylic acids is 3. The molecule has 0 atom stereocenters. The minimum absolute atomic E-state index is 0.0725. The van der Waals surface area contributed by atoms with Crippen LogP contribution in [0.4, 0.5) is 0 Å². The molecule has 4 N–H and O–H groups in total. The van der Waals surface area contributed by atoms with Gasteiger partial charge in [0.25, 0.3) is 0 Å². The first-order chi connectivity index (χ1) is 13.5. The molecule has 0 aromatic heterocycles. The number of hydrogen-bond donors (Lipinski definition) is 4. The number of ketones is 2. The van der Waals surface area contributed by atoms with Gasteiger partial charge in [-0.1, -0.05) is 0 Å². The summed E-state index contributed by atoms with van der Waals surface area (Å²) in [6.07, 6.45) is 0. The van der Waals surface area contributed by atoms with Crippen molar-refractivity contribution in [3.05, 3.63) is 0 Å². The summed E-state index contributed by atoms with van der Waals surface area (Å²) < 4.78 is 0. The first-order valence-corrected chi connectivity index (χ1v) is 9.01. The second-order valence-electron chi connectivity index (χ2n) is 6.65. The molecule has 29 heavy (non-hydrogen) atoms. The van der Waals surface area contributed by atoms with Crippen molar-refractivity contribution >= 4 is 29.5 Å². The fourth-order valence-corrected chi connectivity index (χ4v) is 2.65. The molecular formula is C17H30N4O8. The van der Waals surface area contributed by atoms with E-state index in [9.17, 15) is 24.0 Å². The highest BCUT2D eigenvalue weighted by molar-refractivity contribution is 5.83. The average molecular weight is 418 g/mol. The predicted molar refractivity (Wildman–Crippen MR) is 102 cm³/mol. The van der Waals surface area contributed by atoms with E-state index in [2.05, 4.69) is 5.32 Å². The Bertz CT molecular complexity index is 568. The van der Waals surface area contributed by atoms with E-state index in [1.54, 1.807) is 7.05 Å². The number of Topliss-reactive ketones (excluding diaryl/α,β-unsaturated/α-hetero) is 2. The number of nitrogens with zero attached hydrogens (tertiary/aromatic N) is 3. The molecule has 0 aliphatic heterocycles. The standard InChI is InChI=1S/C17H30N4O8/c1-13(22)8-20(11-16(26)27)5-3-19(10-15(24)25)4-6-21(12-17(28)29)9-14(23)7-18-2/h18H,3-12H2,1-2H3,(H,24,25)(H,26,27)(H,28,29). The van der Waals surface area contributed by atoms with E-state index in [0.29, 0.717) is 0 Å². The average Bonchev–Trinajstić information content (AvgIpc) is 2.55. The number of carbonyl (C=O) groups excluding carboxylic acids is 2. The summed E-state index contributed by atoms with van der Waals surface area (Å²) in [6.45, 7) is 0.797. The Labute approximate surface area is 169 Å². The van der Waals surface area contributed by atoms with Crippen LogP contribution in [0.3, 0.4) is 0 Å². The summed E-state index contributed by atoms with van der Waals surface area (Å²) >= 11 is 0. The number of likely N-dealkylation sites (N-methyl/N-ethyl adjacent to an activating group) is 1. The lowest BCUT2D eigenvalue weighted by atomic mass is 10.3. The smallest absolute Gasteiger partial charge is 0.317 e. The highest BCUT2D eigenvalue weighted by Gasteiger charge is 2.18. The van der Waals surface area contributed by atoms with Gasteiger partial charge >= 0.3 is 17.9 Å². The van der Waals surface area contributed by atoms with Gasteiger partial charge in [-0.15, -0.1) is 0 Å². The third kappa shape index (κ3) is 15.2. The second kappa shape index (κ2) is 14.6. The Hall–Kier alpha value is -2.41. The molecule has 0 saturated heterocycles. The van der Waals surface area contributed by atoms with Gasteiger partial charge in [-0.05, 0) is 14.0 Å². The van der Waals surface area contributed by atoms with Crippen molar-refractivity contribution in [2.24, 2.45) is 0 Å². The Morgan fingerprint density at radius 3 is 1.41 bits per heavy atom. The maximum absolute atomic E-state index is 11.8. The SMILES string of the molecule is CNCC(=O)CN(CCN(CCN(CC(C)=O)CC(=O)O)CC(=O)O)CC(=O)O. The van der Waals surface area contributed by atoms with Crippen molar-refractivity contribution in [3.8, 4) is 0 Å². The summed E-state index contributed by atoms with van der Waals surface area (Å²) in [6, 6.07) is 0. The minimum atomic E-state index is -1.11. The molecule has 0 aliphatic rings. The van der Waals surface area contributed by atoms with Gasteiger partial charge in [0.15, 0.2) is 5.78 Å². The van der Waals surface area contributed by atoms with Crippen molar-refractivity contribution in [1.82, 2.24) is 20.0 Å². The van der Waals surface area contributed by atoms with Gasteiger partial charge in [0, 0.05) is 26.2 Å². The van der Waals surface area contributed by atoms with Crippen LogP contribution < -0.4 is 5.32 Å². The molecule has 0 radical (unpaired) electrons. The zero-order valence-electron chi connectivity index (χ0n) is 16.8. The van der Waals surface area contributed by atoms with Crippen molar-refractivity contribution in [3.63, 3.8) is 0 Å². The van der Waals surface area contributed by atoms with E-state index in [1.165, 1.54) is 21.6 Å². The third-order valence-corrected chi connectivity index (χ3v) is 3.76. The van der Waals surface area contributed by atoms with Gasteiger partial charge in [0.1, 0.15) is 5.78 Å². The highest BCUT2D eigenvalue weighted by Crippen LogP contribution is 1.97. The molecule has 0 aromatic carbocycles. The van der Waals surface area contributed by atoms with Crippen LogP contribution in [-0.4, -0.2) is 132 Å². The first-order valence-electron chi connectivity index (χ1n) is 9.01. The number of nitrogens with one attached hydrogen (secondary N) is 1. The molecule has 0 bridgehead atoms. The third-order valence-electron chi connectivity index (χ3n) is 3.76. The lowest BCUT2D eigenvalue weighted by molar-refractivity contribution is -0.140. The Balaban J connectivity index is 4.93. The van der Waals surface area contributed by atoms with Crippen LogP contribution in [0.1, 0.15) is 6.92 Å². The van der Waals surface area contributed by atoms with E-state index in [4.69, 9.17) is 15.3 Å². The van der Waals surface area contributed by atoms with E-state index in [0.717, 1.165) is 0 Å². The normalized spacial score (nSPS) is 11.2. The fourth-order valence-electron chi connectivity index (χ4n) is 2.65. The van der Waals surface area contributed by atoms with Crippen LogP contribution >= 0.6 is 0 Å². The van der Waals surface area contributed by atoms with Gasteiger partial charge in [0.05, 0.1) is 39.3 Å². The lowest BCUT2D eigenvalue weighted by Gasteiger charge is -2.27. The summed E-state index contributed by atoms with van der Waals surface area (Å²) in [5, 5.41) is 29.7. The van der Waals surface area contributed by atoms with Gasteiger partial charge in [0.2, 0.25) is 0 Å². The molecule has 0 aromatic rings. The molecule has 0 rings (SSSR count). The zero-order chi connectivity index (χ0) is 22.4. The molecule has 0 saturated carbocycles. The summed E-state index contributed by atoms with van der Waals surface area (Å²) in [4.78, 5) is 60.4. The second-order valence-corrected chi connectivity index (χ2v) is 6.65. The fraction of sp³-hybridized carbons (Fsp3) is 0.706. The molecule has 0 amide bonds. The Morgan fingerprint density at radius 2 is 1.03 bits per heavy atom. The molecule has 0 heterocycles. The van der Waals surface area contributed by atoms with Gasteiger partial charge in [-0.3, -0.25) is 38.7 Å². The van der Waals surface area contributed by atoms with Crippen molar-refractivity contribution < 1.29 is 39.3 Å². The predicted octanol–water partition coefficient (Wildman–Crippen LogP) is -2.48. The van der Waals surface area contributed by atoms with Crippen LogP contribution in [0.25, 0.3) is 0 Å². The van der Waals surface area contributed by atoms with Crippen molar-refractivity contribution in [1.29, 1.82) is 0 Å². The van der Waals surface area contributed by atoms with Gasteiger partial charge < -0.3 is 20.6 Å². The van der Waals surface area contributed by atoms with Crippen LogP contribution in [-0.2, 0) is 24.0 Å². The number of aliphatic carboxylic acids is 3. The van der Waals surface area contributed by atoms with E-state index < -0.39 is 17.9 Å². The minimum Gasteiger partial charge on any atom is -0.480 e. The molecule has 0 unspecified atom stereocenters. The Kier molecular flexibility index (Phi) is 13.4. The largest absolute Gasteiger partial charge is 0.480 e. The topological polar surface area (TPSA) is 168 Å². The Morgan fingerprint density at radius 1 is 0.655 bits per heavy atom. The number of hydrogen-bond acceptors (Lipinski definition) is 9. The molecular weight excluding hydrogens is 388 g/mol. The first kappa shape index (κ1) is 26.6. The molecule has 166 valence electrons. The number of rotatable bonds is 18. The molecule has 0 spiro atoms. The quantitative estimate of drug-likeness (QED) is 0.185. The zero-order valence-corrected chi connectivity index (χ0v) is 16.8. The van der Waals surface area contributed by atoms with Gasteiger partial charge in [-0.2, -0.15) is 0 Å². The lowest BCUT2D eigenvalue weighted by Crippen LogP contribution is -2.45. The maximum Gasteiger partial charge on any atom is 0.317 e. The maximum atomic E-state index is 11.8. The van der Waals surface area contributed by atoms with Crippen LogP contribution in [0.5, 0.6) is 0 Å². The van der Waals surface area contributed by atoms with E-state index >= 15 is 0 Å². The summed E-state index contributed by atoms with van der Waals surface area (Å²) in [7, 11) is 1.60. The highest BCUT2D eigenvalue weighted by atomic mass is 16.4. The number of carbonyl (C=O) groups is 5. The number of carboxylic acid groups (broad SMARTS) is 3. The van der Waals surface area contributed by atoms with Crippen LogP contribution in [0.2, 0.25) is 0 Å². The van der Waals surface area contributed by atoms with E-state index in [-0.39, 0.29) is 77.0 Å². The van der Waals surface area contributed by atoms with Gasteiger partial charge in [-0.25, -0.2) is 0 Å². The molecule has 0 aliphatic carbocycles. The monoisotopic (exact) mass is 418 g/mol. The van der Waals surface area contributed by atoms with Crippen LogP contribution in [0, 0.1) is 0 Å². The summed E-state index contributed by atoms with van der Waals surface area (Å²) in [5.74, 6) is -3.73. The van der Waals surface area contributed by atoms with Crippen LogP contribution in [0.15, 0.2) is 0 Å². The molecule has 12 nitrogen and oxygen atoms in total. The van der Waals surface area contributed by atoms with Crippen molar-refractivity contribution in [2.45, 2.75) is 6.92 Å². The molecule has 12 heteroatoms. The summed E-state index contributed by atoms with van der Waals surface area (Å²) in [5.41, 5.74) is 0. The van der Waals surface area contributed by atoms with E-state index in [1.807, 2.05) is 0 Å². The molecule has 0 fully saturated rings.